The lowest BCUT2D eigenvalue weighted by molar-refractivity contribution is 0.151. The summed E-state index contributed by atoms with van der Waals surface area (Å²) in [7, 11) is -3.62. The van der Waals surface area contributed by atoms with Crippen molar-refractivity contribution in [2.75, 3.05) is 26.2 Å². The number of hydrogen-bond donors (Lipinski definition) is 0. The van der Waals surface area contributed by atoms with Gasteiger partial charge in [0.05, 0.1) is 33.0 Å². The summed E-state index contributed by atoms with van der Waals surface area (Å²) < 4.78 is 33.7. The molecule has 2 saturated heterocycles. The number of ether oxygens (including phenoxy) is 1. The summed E-state index contributed by atoms with van der Waals surface area (Å²) in [6.45, 7) is 2.28. The molecule has 3 heterocycles. The molecule has 2 atom stereocenters. The highest BCUT2D eigenvalue weighted by atomic mass is 35.5. The number of nitrogens with zero attached hydrogens (tertiary/aromatic N) is 4. The van der Waals surface area contributed by atoms with Gasteiger partial charge in [-0.25, -0.2) is 13.4 Å². The molecule has 10 heteroatoms. The number of halogens is 2. The molecule has 3 aliphatic rings. The van der Waals surface area contributed by atoms with Gasteiger partial charge in [0, 0.05) is 44.6 Å². The van der Waals surface area contributed by atoms with Crippen LogP contribution >= 0.6 is 23.2 Å². The Balaban J connectivity index is 1.23. The summed E-state index contributed by atoms with van der Waals surface area (Å²) in [6, 6.07) is 4.54. The molecule has 1 aromatic heterocycles. The van der Waals surface area contributed by atoms with E-state index in [1.54, 1.807) is 12.4 Å². The fourth-order valence-corrected chi connectivity index (χ4v) is 6.06. The lowest BCUT2D eigenvalue weighted by Gasteiger charge is -2.36. The molecule has 0 radical (unpaired) electrons. The molecule has 0 bridgehead atoms. The van der Waals surface area contributed by atoms with E-state index in [-0.39, 0.29) is 22.1 Å². The van der Waals surface area contributed by atoms with Crippen molar-refractivity contribution in [3.8, 4) is 5.88 Å². The first kappa shape index (κ1) is 20.5. The maximum absolute atomic E-state index is 13.1. The summed E-state index contributed by atoms with van der Waals surface area (Å²) in [5.41, 5.74) is 1.04. The highest BCUT2D eigenvalue weighted by Crippen LogP contribution is 2.38. The summed E-state index contributed by atoms with van der Waals surface area (Å²) in [4.78, 5) is 11.3. The van der Waals surface area contributed by atoms with Gasteiger partial charge >= 0.3 is 0 Å². The van der Waals surface area contributed by atoms with E-state index >= 15 is 0 Å². The maximum atomic E-state index is 13.1. The zero-order valence-corrected chi connectivity index (χ0v) is 18.6. The van der Waals surface area contributed by atoms with Crippen molar-refractivity contribution >= 4 is 33.2 Å². The van der Waals surface area contributed by atoms with Gasteiger partial charge in [0.2, 0.25) is 15.9 Å². The Hall–Kier alpha value is -1.45. The van der Waals surface area contributed by atoms with Crippen LogP contribution in [0, 0.1) is 0 Å². The van der Waals surface area contributed by atoms with Crippen LogP contribution in [-0.4, -0.2) is 65.9 Å². The van der Waals surface area contributed by atoms with Gasteiger partial charge < -0.3 is 4.74 Å². The minimum atomic E-state index is -3.62. The topological polar surface area (TPSA) is 75.6 Å². The highest BCUT2D eigenvalue weighted by Gasteiger charge is 2.41. The predicted octanol–water partition coefficient (Wildman–Crippen LogP) is 3.19. The number of benzene rings is 1. The van der Waals surface area contributed by atoms with E-state index < -0.39 is 10.0 Å². The summed E-state index contributed by atoms with van der Waals surface area (Å²) in [6.07, 6.45) is 6.61. The third kappa shape index (κ3) is 4.03. The second-order valence-corrected chi connectivity index (χ2v) is 10.9. The van der Waals surface area contributed by atoms with Gasteiger partial charge in [0.1, 0.15) is 6.10 Å². The van der Waals surface area contributed by atoms with E-state index in [9.17, 15) is 8.42 Å². The summed E-state index contributed by atoms with van der Waals surface area (Å²) in [5.74, 6) is 1.10. The lowest BCUT2D eigenvalue weighted by atomic mass is 10.2. The Morgan fingerprint density at radius 3 is 2.57 bits per heavy atom. The second kappa shape index (κ2) is 7.91. The smallest absolute Gasteiger partial charge is 0.243 e. The van der Waals surface area contributed by atoms with E-state index in [1.165, 1.54) is 35.3 Å². The molecule has 5 rings (SSSR count). The fourth-order valence-electron chi connectivity index (χ4n) is 4.21. The van der Waals surface area contributed by atoms with Crippen molar-refractivity contribution in [2.45, 2.75) is 42.2 Å². The average molecular weight is 469 g/mol. The normalized spacial score (nSPS) is 25.3. The van der Waals surface area contributed by atoms with Crippen LogP contribution in [0.2, 0.25) is 10.0 Å². The number of fused-ring (bicyclic) bond motifs is 1. The molecule has 0 spiro atoms. The zero-order chi connectivity index (χ0) is 20.9. The Morgan fingerprint density at radius 1 is 1.03 bits per heavy atom. The number of rotatable bonds is 5. The van der Waals surface area contributed by atoms with Crippen LogP contribution in [0.5, 0.6) is 5.88 Å². The van der Waals surface area contributed by atoms with E-state index in [2.05, 4.69) is 14.9 Å². The lowest BCUT2D eigenvalue weighted by Crippen LogP contribution is -2.51. The Kier molecular flexibility index (Phi) is 5.39. The fraction of sp³-hybridized carbons (Fsp3) is 0.500. The molecule has 160 valence electrons. The first-order chi connectivity index (χ1) is 14.4. The molecule has 1 aliphatic carbocycles. The Labute approximate surface area is 186 Å². The number of piperazine rings is 1. The molecular formula is C20H22Cl2N4O3S. The average Bonchev–Trinajstić information content (AvgIpc) is 3.50. The summed E-state index contributed by atoms with van der Waals surface area (Å²) in [5, 5.41) is 0.573. The SMILES string of the molecule is O=S(=O)(c1ccc(Cl)c(Cl)c1)N1CCN2C[C@@H](Oc3cnc(C4CC4)cn3)C[C@H]2C1. The van der Waals surface area contributed by atoms with E-state index in [4.69, 9.17) is 27.9 Å². The van der Waals surface area contributed by atoms with Gasteiger partial charge in [-0.05, 0) is 31.0 Å². The maximum Gasteiger partial charge on any atom is 0.243 e. The predicted molar refractivity (Wildman–Crippen MR) is 114 cm³/mol. The third-order valence-corrected chi connectivity index (χ3v) is 8.60. The van der Waals surface area contributed by atoms with Crippen molar-refractivity contribution in [1.82, 2.24) is 19.2 Å². The number of hydrogen-bond acceptors (Lipinski definition) is 6. The van der Waals surface area contributed by atoms with E-state index in [1.807, 2.05) is 0 Å². The molecule has 0 amide bonds. The molecule has 1 aromatic carbocycles. The van der Waals surface area contributed by atoms with Gasteiger partial charge in [0.25, 0.3) is 0 Å². The van der Waals surface area contributed by atoms with E-state index in [0.29, 0.717) is 36.5 Å². The van der Waals surface area contributed by atoms with Crippen LogP contribution in [0.1, 0.15) is 30.9 Å². The minimum absolute atomic E-state index is 0.0243. The van der Waals surface area contributed by atoms with Crippen molar-refractivity contribution in [3.63, 3.8) is 0 Å². The van der Waals surface area contributed by atoms with Crippen molar-refractivity contribution in [1.29, 1.82) is 0 Å². The van der Waals surface area contributed by atoms with Crippen LogP contribution < -0.4 is 4.74 Å². The molecule has 2 aliphatic heterocycles. The third-order valence-electron chi connectivity index (χ3n) is 6.00. The zero-order valence-electron chi connectivity index (χ0n) is 16.2. The van der Waals surface area contributed by atoms with Crippen molar-refractivity contribution < 1.29 is 13.2 Å². The van der Waals surface area contributed by atoms with E-state index in [0.717, 1.165) is 18.7 Å². The van der Waals surface area contributed by atoms with Crippen LogP contribution in [-0.2, 0) is 10.0 Å². The summed E-state index contributed by atoms with van der Waals surface area (Å²) >= 11 is 12.0. The largest absolute Gasteiger partial charge is 0.472 e. The first-order valence-electron chi connectivity index (χ1n) is 10.1. The molecular weight excluding hydrogens is 447 g/mol. The van der Waals surface area contributed by atoms with Crippen LogP contribution in [0.4, 0.5) is 0 Å². The van der Waals surface area contributed by atoms with Crippen LogP contribution in [0.3, 0.4) is 0 Å². The van der Waals surface area contributed by atoms with Crippen LogP contribution in [0.15, 0.2) is 35.5 Å². The molecule has 0 N–H and O–H groups in total. The molecule has 2 aromatic rings. The van der Waals surface area contributed by atoms with Gasteiger partial charge in [-0.1, -0.05) is 23.2 Å². The minimum Gasteiger partial charge on any atom is -0.472 e. The van der Waals surface area contributed by atoms with Crippen LogP contribution in [0.25, 0.3) is 0 Å². The number of aromatic nitrogens is 2. The van der Waals surface area contributed by atoms with Crippen molar-refractivity contribution in [2.24, 2.45) is 0 Å². The quantitative estimate of drug-likeness (QED) is 0.670. The second-order valence-electron chi connectivity index (χ2n) is 8.12. The molecule has 7 nitrogen and oxygen atoms in total. The molecule has 30 heavy (non-hydrogen) atoms. The van der Waals surface area contributed by atoms with Crippen molar-refractivity contribution in [3.05, 3.63) is 46.3 Å². The Morgan fingerprint density at radius 2 is 1.87 bits per heavy atom. The van der Waals surface area contributed by atoms with Gasteiger partial charge in [-0.15, -0.1) is 0 Å². The number of sulfonamides is 1. The Bertz CT molecular complexity index is 1050. The first-order valence-corrected chi connectivity index (χ1v) is 12.3. The van der Waals surface area contributed by atoms with Gasteiger partial charge in [0.15, 0.2) is 0 Å². The molecule has 1 saturated carbocycles. The molecule has 3 fully saturated rings. The van der Waals surface area contributed by atoms with Gasteiger partial charge in [-0.3, -0.25) is 9.88 Å². The monoisotopic (exact) mass is 468 g/mol. The standard InChI is InChI=1S/C20H22Cl2N4O3S/c21-17-4-3-16(8-18(17)22)30(27,28)26-6-5-25-12-15(7-14(25)11-26)29-20-10-23-19(9-24-20)13-1-2-13/h3-4,8-10,13-15H,1-2,5-7,11-12H2/t14-,15-/m0/s1. The van der Waals surface area contributed by atoms with Gasteiger partial charge in [-0.2, -0.15) is 4.31 Å². The molecule has 0 unspecified atom stereocenters. The highest BCUT2D eigenvalue weighted by molar-refractivity contribution is 7.89.